The predicted molar refractivity (Wildman–Crippen MR) is 123 cm³/mol. The minimum Gasteiger partial charge on any atom is -0.378 e. The molecular weight excluding hydrogens is 376 g/mol. The van der Waals surface area contributed by atoms with Gasteiger partial charge in [-0.25, -0.2) is 0 Å². The van der Waals surface area contributed by atoms with Crippen molar-refractivity contribution in [1.29, 1.82) is 0 Å². The number of rotatable bonds is 17. The Labute approximate surface area is 184 Å². The van der Waals surface area contributed by atoms with E-state index in [1.165, 1.54) is 32.1 Å². The minimum atomic E-state index is -0.808. The Morgan fingerprint density at radius 2 is 1.53 bits per heavy atom. The maximum absolute atomic E-state index is 6.63. The van der Waals surface area contributed by atoms with Gasteiger partial charge in [-0.1, -0.05) is 75.8 Å². The van der Waals surface area contributed by atoms with Crippen LogP contribution in [0.4, 0.5) is 0 Å². The predicted octanol–water partition coefficient (Wildman–Crippen LogP) is 6.47. The monoisotopic (exact) mass is 420 g/mol. The maximum Gasteiger partial charge on any atom is 0.200 e. The van der Waals surface area contributed by atoms with Crippen molar-refractivity contribution < 1.29 is 18.9 Å². The molecule has 0 aromatic heterocycles. The molecular formula is C26H44O4. The van der Waals surface area contributed by atoms with E-state index in [4.69, 9.17) is 18.9 Å². The first-order chi connectivity index (χ1) is 14.5. The summed E-state index contributed by atoms with van der Waals surface area (Å²) >= 11 is 0. The van der Waals surface area contributed by atoms with Crippen molar-refractivity contribution >= 4 is 0 Å². The third-order valence-electron chi connectivity index (χ3n) is 5.47. The van der Waals surface area contributed by atoms with Crippen molar-refractivity contribution in [3.05, 3.63) is 35.9 Å². The molecule has 4 nitrogen and oxygen atoms in total. The van der Waals surface area contributed by atoms with Gasteiger partial charge in [0, 0.05) is 11.5 Å². The van der Waals surface area contributed by atoms with E-state index >= 15 is 0 Å². The molecule has 1 aliphatic heterocycles. The fourth-order valence-corrected chi connectivity index (χ4v) is 4.02. The lowest BCUT2D eigenvalue weighted by atomic mass is 9.86. The summed E-state index contributed by atoms with van der Waals surface area (Å²) in [6, 6.07) is 10.4. The molecule has 0 amide bonds. The van der Waals surface area contributed by atoms with Gasteiger partial charge in [-0.05, 0) is 34.1 Å². The highest BCUT2D eigenvalue weighted by Gasteiger charge is 2.44. The highest BCUT2D eigenvalue weighted by Crippen LogP contribution is 2.41. The van der Waals surface area contributed by atoms with Crippen LogP contribution in [0.25, 0.3) is 0 Å². The molecule has 4 heteroatoms. The number of unbranched alkanes of at least 4 members (excludes halogenated alkanes) is 5. The molecule has 2 unspecified atom stereocenters. The van der Waals surface area contributed by atoms with E-state index in [1.807, 2.05) is 6.07 Å². The largest absolute Gasteiger partial charge is 0.378 e. The van der Waals surface area contributed by atoms with Crippen LogP contribution in [0.5, 0.6) is 0 Å². The maximum atomic E-state index is 6.63. The first-order valence-electron chi connectivity index (χ1n) is 12.1. The Kier molecular flexibility index (Phi) is 11.4. The summed E-state index contributed by atoms with van der Waals surface area (Å²) in [7, 11) is 0. The fourth-order valence-electron chi connectivity index (χ4n) is 4.02. The molecule has 1 heterocycles. The van der Waals surface area contributed by atoms with Gasteiger partial charge in [0.15, 0.2) is 5.79 Å². The number of hydrogen-bond donors (Lipinski definition) is 0. The molecule has 172 valence electrons. The Morgan fingerprint density at radius 3 is 2.10 bits per heavy atom. The summed E-state index contributed by atoms with van der Waals surface area (Å²) in [5.74, 6) is -0.688. The van der Waals surface area contributed by atoms with Gasteiger partial charge in [-0.3, -0.25) is 0 Å². The van der Waals surface area contributed by atoms with Crippen LogP contribution in [-0.4, -0.2) is 38.1 Å². The Morgan fingerprint density at radius 1 is 0.933 bits per heavy atom. The van der Waals surface area contributed by atoms with Crippen LogP contribution in [0.2, 0.25) is 0 Å². The molecule has 0 N–H and O–H groups in total. The van der Waals surface area contributed by atoms with E-state index in [0.717, 1.165) is 25.0 Å². The van der Waals surface area contributed by atoms with Crippen molar-refractivity contribution in [1.82, 2.24) is 0 Å². The molecule has 2 rings (SSSR count). The van der Waals surface area contributed by atoms with Crippen LogP contribution in [0.15, 0.2) is 30.3 Å². The molecule has 0 spiro atoms. The summed E-state index contributed by atoms with van der Waals surface area (Å²) in [4.78, 5) is 0. The third kappa shape index (κ3) is 8.66. The van der Waals surface area contributed by atoms with Gasteiger partial charge in [-0.2, -0.15) is 0 Å². The highest BCUT2D eigenvalue weighted by molar-refractivity contribution is 5.22. The minimum absolute atomic E-state index is 0.0442. The summed E-state index contributed by atoms with van der Waals surface area (Å²) in [5, 5.41) is 0. The molecule has 0 bridgehead atoms. The van der Waals surface area contributed by atoms with Crippen molar-refractivity contribution in [2.75, 3.05) is 19.8 Å². The first kappa shape index (κ1) is 25.3. The quantitative estimate of drug-likeness (QED) is 0.164. The molecule has 1 aromatic rings. The van der Waals surface area contributed by atoms with Crippen LogP contribution >= 0.6 is 0 Å². The zero-order valence-electron chi connectivity index (χ0n) is 19.9. The SMILES string of the molecule is CCCCCCCCC(COCC1CO1)C(OC(C)C)(OC(C)C)c1ccccc1. The zero-order valence-corrected chi connectivity index (χ0v) is 19.9. The average Bonchev–Trinajstić information content (AvgIpc) is 3.53. The Bertz CT molecular complexity index is 543. The molecule has 2 atom stereocenters. The number of hydrogen-bond acceptors (Lipinski definition) is 4. The second-order valence-electron chi connectivity index (χ2n) is 9.11. The fraction of sp³-hybridized carbons (Fsp3) is 0.769. The van der Waals surface area contributed by atoms with Gasteiger partial charge < -0.3 is 18.9 Å². The summed E-state index contributed by atoms with van der Waals surface area (Å²) in [6.07, 6.45) is 9.01. The van der Waals surface area contributed by atoms with Gasteiger partial charge in [0.05, 0.1) is 32.0 Å². The Balaban J connectivity index is 2.20. The lowest BCUT2D eigenvalue weighted by Crippen LogP contribution is -2.46. The lowest BCUT2D eigenvalue weighted by Gasteiger charge is -2.43. The van der Waals surface area contributed by atoms with Crippen molar-refractivity contribution in [2.45, 2.75) is 104 Å². The topological polar surface area (TPSA) is 40.2 Å². The number of benzene rings is 1. The third-order valence-corrected chi connectivity index (χ3v) is 5.47. The normalized spacial score (nSPS) is 17.6. The van der Waals surface area contributed by atoms with Crippen LogP contribution in [0, 0.1) is 5.92 Å². The van der Waals surface area contributed by atoms with Crippen LogP contribution < -0.4 is 0 Å². The van der Waals surface area contributed by atoms with Gasteiger partial charge in [-0.15, -0.1) is 0 Å². The number of ether oxygens (including phenoxy) is 4. The molecule has 1 fully saturated rings. The average molecular weight is 421 g/mol. The second-order valence-corrected chi connectivity index (χ2v) is 9.11. The van der Waals surface area contributed by atoms with E-state index in [0.29, 0.717) is 13.2 Å². The van der Waals surface area contributed by atoms with Crippen LogP contribution in [0.3, 0.4) is 0 Å². The van der Waals surface area contributed by atoms with Crippen LogP contribution in [-0.2, 0) is 24.7 Å². The highest BCUT2D eigenvalue weighted by atomic mass is 16.7. The molecule has 1 saturated heterocycles. The molecule has 30 heavy (non-hydrogen) atoms. The van der Waals surface area contributed by atoms with E-state index < -0.39 is 5.79 Å². The summed E-state index contributed by atoms with van der Waals surface area (Å²) < 4.78 is 24.7. The first-order valence-corrected chi connectivity index (χ1v) is 12.1. The van der Waals surface area contributed by atoms with E-state index in [2.05, 4.69) is 58.9 Å². The van der Waals surface area contributed by atoms with E-state index in [1.54, 1.807) is 0 Å². The summed E-state index contributed by atoms with van der Waals surface area (Å²) in [6.45, 7) is 12.7. The van der Waals surface area contributed by atoms with Crippen molar-refractivity contribution in [3.63, 3.8) is 0 Å². The molecule has 1 aliphatic rings. The zero-order chi connectivity index (χ0) is 21.8. The van der Waals surface area contributed by atoms with Gasteiger partial charge >= 0.3 is 0 Å². The smallest absolute Gasteiger partial charge is 0.200 e. The summed E-state index contributed by atoms with van der Waals surface area (Å²) in [5.41, 5.74) is 1.08. The molecule has 0 saturated carbocycles. The van der Waals surface area contributed by atoms with Crippen molar-refractivity contribution in [3.8, 4) is 0 Å². The van der Waals surface area contributed by atoms with Crippen LogP contribution in [0.1, 0.15) is 85.1 Å². The van der Waals surface area contributed by atoms with Gasteiger partial charge in [0.1, 0.15) is 6.10 Å². The number of epoxide rings is 1. The standard InChI is InChI=1S/C26H44O4/c1-6-7-8-9-10-12-17-24(18-27-19-25-20-28-25)26(29-21(2)3,30-22(4)5)23-15-13-11-14-16-23/h11,13-16,21-22,24-25H,6-10,12,17-20H2,1-5H3. The van der Waals surface area contributed by atoms with Gasteiger partial charge in [0.25, 0.3) is 0 Å². The van der Waals surface area contributed by atoms with Crippen molar-refractivity contribution in [2.24, 2.45) is 5.92 Å². The molecule has 0 radical (unpaired) electrons. The Hall–Kier alpha value is -0.940. The lowest BCUT2D eigenvalue weighted by molar-refractivity contribution is -0.313. The second kappa shape index (κ2) is 13.5. The van der Waals surface area contributed by atoms with Gasteiger partial charge in [0.2, 0.25) is 0 Å². The van der Waals surface area contributed by atoms with E-state index in [9.17, 15) is 0 Å². The molecule has 0 aliphatic carbocycles. The molecule has 1 aromatic carbocycles. The van der Waals surface area contributed by atoms with E-state index in [-0.39, 0.29) is 24.2 Å².